The first-order valence-corrected chi connectivity index (χ1v) is 6.40. The van der Waals surface area contributed by atoms with E-state index in [0.717, 1.165) is 5.69 Å². The van der Waals surface area contributed by atoms with Gasteiger partial charge in [-0.15, -0.1) is 0 Å². The molecule has 1 rings (SSSR count). The fourth-order valence-electron chi connectivity index (χ4n) is 1.66. The number of aliphatic hydroxyl groups is 1. The summed E-state index contributed by atoms with van der Waals surface area (Å²) in [6.45, 7) is 2.26. The highest BCUT2D eigenvalue weighted by atomic mass is 16.5. The van der Waals surface area contributed by atoms with Gasteiger partial charge in [0.05, 0.1) is 39.0 Å². The second-order valence-corrected chi connectivity index (χ2v) is 4.11. The van der Waals surface area contributed by atoms with Gasteiger partial charge in [-0.05, 0) is 19.1 Å². The summed E-state index contributed by atoms with van der Waals surface area (Å²) in [6.07, 6.45) is -0.861. The maximum atomic E-state index is 11.2. The van der Waals surface area contributed by atoms with Gasteiger partial charge >= 0.3 is 5.97 Å². The molecule has 1 aromatic rings. The van der Waals surface area contributed by atoms with Gasteiger partial charge in [-0.3, -0.25) is 4.79 Å². The second kappa shape index (κ2) is 8.27. The summed E-state index contributed by atoms with van der Waals surface area (Å²) in [7, 11) is 3.12. The van der Waals surface area contributed by atoms with Crippen LogP contribution in [0.3, 0.4) is 0 Å². The summed E-state index contributed by atoms with van der Waals surface area (Å²) < 4.78 is 15.1. The average Bonchev–Trinajstić information content (AvgIpc) is 2.45. The molecule has 0 aromatic heterocycles. The van der Waals surface area contributed by atoms with Crippen molar-refractivity contribution in [3.63, 3.8) is 0 Å². The van der Waals surface area contributed by atoms with Crippen molar-refractivity contribution >= 4 is 11.7 Å². The molecular weight excluding hydrogens is 262 g/mol. The molecule has 0 aliphatic heterocycles. The molecule has 1 aromatic carbocycles. The quantitative estimate of drug-likeness (QED) is 0.703. The summed E-state index contributed by atoms with van der Waals surface area (Å²) in [5, 5.41) is 12.8. The maximum Gasteiger partial charge on any atom is 0.308 e. The van der Waals surface area contributed by atoms with Crippen LogP contribution in [0.25, 0.3) is 0 Å². The van der Waals surface area contributed by atoms with Gasteiger partial charge in [0.1, 0.15) is 11.5 Å². The number of carbonyl (C=O) groups is 1. The number of rotatable bonds is 8. The van der Waals surface area contributed by atoms with E-state index >= 15 is 0 Å². The number of aliphatic hydroxyl groups excluding tert-OH is 1. The summed E-state index contributed by atoms with van der Waals surface area (Å²) >= 11 is 0. The van der Waals surface area contributed by atoms with Crippen molar-refractivity contribution < 1.29 is 24.1 Å². The smallest absolute Gasteiger partial charge is 0.308 e. The van der Waals surface area contributed by atoms with Crippen LogP contribution in [0, 0.1) is 0 Å². The Morgan fingerprint density at radius 3 is 2.70 bits per heavy atom. The van der Waals surface area contributed by atoms with E-state index in [4.69, 9.17) is 14.2 Å². The predicted octanol–water partition coefficient (Wildman–Crippen LogP) is 1.43. The monoisotopic (exact) mass is 283 g/mol. The fraction of sp³-hybridized carbons (Fsp3) is 0.500. The number of esters is 1. The molecule has 1 atom stereocenters. The average molecular weight is 283 g/mol. The number of benzene rings is 1. The zero-order chi connectivity index (χ0) is 15.0. The molecule has 6 nitrogen and oxygen atoms in total. The maximum absolute atomic E-state index is 11.2. The Balaban J connectivity index is 2.54. The van der Waals surface area contributed by atoms with Crippen LogP contribution in [-0.4, -0.2) is 44.6 Å². The molecule has 1 unspecified atom stereocenters. The van der Waals surface area contributed by atoms with E-state index in [0.29, 0.717) is 18.1 Å². The lowest BCUT2D eigenvalue weighted by Gasteiger charge is -2.15. The number of anilines is 1. The van der Waals surface area contributed by atoms with Gasteiger partial charge in [0.15, 0.2) is 0 Å². The summed E-state index contributed by atoms with van der Waals surface area (Å²) in [5.74, 6) is 0.871. The Morgan fingerprint density at radius 2 is 2.10 bits per heavy atom. The molecule has 0 aliphatic rings. The van der Waals surface area contributed by atoms with E-state index in [1.807, 2.05) is 0 Å². The van der Waals surface area contributed by atoms with E-state index < -0.39 is 12.1 Å². The molecule has 0 aliphatic carbocycles. The first-order chi connectivity index (χ1) is 9.60. The molecule has 2 N–H and O–H groups in total. The van der Waals surface area contributed by atoms with Crippen molar-refractivity contribution in [2.45, 2.75) is 19.4 Å². The zero-order valence-electron chi connectivity index (χ0n) is 12.0. The van der Waals surface area contributed by atoms with Crippen LogP contribution in [-0.2, 0) is 9.53 Å². The van der Waals surface area contributed by atoms with E-state index in [-0.39, 0.29) is 13.0 Å². The van der Waals surface area contributed by atoms with E-state index in [1.165, 1.54) is 0 Å². The summed E-state index contributed by atoms with van der Waals surface area (Å²) in [5.41, 5.74) is 0.719. The fourth-order valence-corrected chi connectivity index (χ4v) is 1.66. The highest BCUT2D eigenvalue weighted by Gasteiger charge is 2.12. The molecule has 0 heterocycles. The Morgan fingerprint density at radius 1 is 1.35 bits per heavy atom. The molecule has 6 heteroatoms. The lowest BCUT2D eigenvalue weighted by atomic mass is 10.2. The Bertz CT molecular complexity index is 436. The van der Waals surface area contributed by atoms with Crippen LogP contribution in [0.5, 0.6) is 11.5 Å². The van der Waals surface area contributed by atoms with Crippen molar-refractivity contribution in [3.8, 4) is 11.5 Å². The number of hydrogen-bond donors (Lipinski definition) is 2. The molecule has 0 fully saturated rings. The summed E-state index contributed by atoms with van der Waals surface area (Å²) in [4.78, 5) is 11.2. The molecule has 112 valence electrons. The van der Waals surface area contributed by atoms with Gasteiger partial charge in [0.2, 0.25) is 0 Å². The van der Waals surface area contributed by atoms with Gasteiger partial charge in [0.25, 0.3) is 0 Å². The molecule has 20 heavy (non-hydrogen) atoms. The van der Waals surface area contributed by atoms with Gasteiger partial charge in [-0.25, -0.2) is 0 Å². The number of carbonyl (C=O) groups excluding carboxylic acids is 1. The lowest BCUT2D eigenvalue weighted by molar-refractivity contribution is -0.145. The normalized spacial score (nSPS) is 11.6. The van der Waals surface area contributed by atoms with Gasteiger partial charge < -0.3 is 24.6 Å². The number of nitrogens with one attached hydrogen (secondary N) is 1. The molecule has 0 amide bonds. The van der Waals surface area contributed by atoms with Gasteiger partial charge in [-0.2, -0.15) is 0 Å². The Kier molecular flexibility index (Phi) is 6.66. The zero-order valence-corrected chi connectivity index (χ0v) is 12.0. The van der Waals surface area contributed by atoms with Crippen molar-refractivity contribution in [1.82, 2.24) is 0 Å². The molecule has 0 radical (unpaired) electrons. The van der Waals surface area contributed by atoms with Crippen LogP contribution in [0.2, 0.25) is 0 Å². The third kappa shape index (κ3) is 4.97. The first-order valence-electron chi connectivity index (χ1n) is 6.40. The van der Waals surface area contributed by atoms with Crippen molar-refractivity contribution in [2.75, 3.05) is 32.7 Å². The van der Waals surface area contributed by atoms with E-state index in [2.05, 4.69) is 5.32 Å². The minimum Gasteiger partial charge on any atom is -0.497 e. The van der Waals surface area contributed by atoms with E-state index in [9.17, 15) is 9.90 Å². The summed E-state index contributed by atoms with van der Waals surface area (Å²) in [6, 6.07) is 5.30. The van der Waals surface area contributed by atoms with Crippen LogP contribution < -0.4 is 14.8 Å². The van der Waals surface area contributed by atoms with E-state index in [1.54, 1.807) is 39.3 Å². The first kappa shape index (κ1) is 16.1. The molecule has 0 saturated heterocycles. The van der Waals surface area contributed by atoms with Crippen LogP contribution in [0.4, 0.5) is 5.69 Å². The third-order valence-corrected chi connectivity index (χ3v) is 2.64. The molecular formula is C14H21NO5. The number of ether oxygens (including phenoxy) is 3. The lowest BCUT2D eigenvalue weighted by Crippen LogP contribution is -2.24. The molecule has 0 bridgehead atoms. The van der Waals surface area contributed by atoms with Gasteiger partial charge in [0, 0.05) is 12.6 Å². The second-order valence-electron chi connectivity index (χ2n) is 4.11. The SMILES string of the molecule is CCOC(=O)CC(O)CNc1ccc(OC)cc1OC. The van der Waals surface area contributed by atoms with Crippen molar-refractivity contribution in [2.24, 2.45) is 0 Å². The minimum absolute atomic E-state index is 0.0424. The third-order valence-electron chi connectivity index (χ3n) is 2.64. The number of methoxy groups -OCH3 is 2. The predicted molar refractivity (Wildman–Crippen MR) is 75.3 cm³/mol. The highest BCUT2D eigenvalue weighted by molar-refractivity contribution is 5.70. The van der Waals surface area contributed by atoms with Crippen LogP contribution in [0.1, 0.15) is 13.3 Å². The van der Waals surface area contributed by atoms with Crippen molar-refractivity contribution in [1.29, 1.82) is 0 Å². The highest BCUT2D eigenvalue weighted by Crippen LogP contribution is 2.28. The van der Waals surface area contributed by atoms with Gasteiger partial charge in [-0.1, -0.05) is 0 Å². The topological polar surface area (TPSA) is 77.0 Å². The van der Waals surface area contributed by atoms with Crippen molar-refractivity contribution in [3.05, 3.63) is 18.2 Å². The van der Waals surface area contributed by atoms with Crippen LogP contribution >= 0.6 is 0 Å². The van der Waals surface area contributed by atoms with Crippen LogP contribution in [0.15, 0.2) is 18.2 Å². The number of hydrogen-bond acceptors (Lipinski definition) is 6. The molecule has 0 spiro atoms. The Hall–Kier alpha value is -1.95. The Labute approximate surface area is 118 Å². The molecule has 0 saturated carbocycles. The standard InChI is InChI=1S/C14H21NO5/c1-4-20-14(17)7-10(16)9-15-12-6-5-11(18-2)8-13(12)19-3/h5-6,8,10,15-16H,4,7,9H2,1-3H3. The minimum atomic E-state index is -0.819. The largest absolute Gasteiger partial charge is 0.497 e.